The van der Waals surface area contributed by atoms with Crippen molar-refractivity contribution in [1.29, 1.82) is 0 Å². The normalized spacial score (nSPS) is 13.5. The average Bonchev–Trinajstić information content (AvgIpc) is 3.56. The molecule has 5 rings (SSSR count). The molecular weight excluding hydrogens is 506 g/mol. The lowest BCUT2D eigenvalue weighted by Gasteiger charge is -2.34. The summed E-state index contributed by atoms with van der Waals surface area (Å²) in [5.41, 5.74) is 4.58. The van der Waals surface area contributed by atoms with E-state index in [4.69, 9.17) is 9.47 Å². The Morgan fingerprint density at radius 1 is 0.975 bits per heavy atom. The number of anilines is 1. The molecule has 40 heavy (non-hydrogen) atoms. The Bertz CT molecular complexity index is 1530. The summed E-state index contributed by atoms with van der Waals surface area (Å²) in [6.07, 6.45) is 3.01. The van der Waals surface area contributed by atoms with E-state index in [-0.39, 0.29) is 18.4 Å². The summed E-state index contributed by atoms with van der Waals surface area (Å²) in [6, 6.07) is 17.8. The van der Waals surface area contributed by atoms with E-state index < -0.39 is 11.6 Å². The molecule has 2 amide bonds. The van der Waals surface area contributed by atoms with E-state index in [1.165, 1.54) is 11.1 Å². The topological polar surface area (TPSA) is 98.6 Å². The molecule has 4 aromatic rings. The van der Waals surface area contributed by atoms with E-state index >= 15 is 0 Å². The van der Waals surface area contributed by atoms with E-state index in [1.54, 1.807) is 42.0 Å². The number of nitrogens with one attached hydrogen (secondary N) is 1. The zero-order chi connectivity index (χ0) is 28.4. The SMILES string of the molecule is COc1cc(OC)cc([C@@H](C(=O)NC(C)(C)C)N(C(=O)Cn2nnc3ccccc32)c2ccc3c(c2)CCC3)c1. The molecule has 3 aromatic carbocycles. The maximum atomic E-state index is 14.3. The van der Waals surface area contributed by atoms with Gasteiger partial charge in [0.15, 0.2) is 0 Å². The number of nitrogens with zero attached hydrogens (tertiary/aromatic N) is 4. The van der Waals surface area contributed by atoms with Crippen molar-refractivity contribution in [2.75, 3.05) is 19.1 Å². The third-order valence-electron chi connectivity index (χ3n) is 7.03. The molecule has 0 unspecified atom stereocenters. The number of carbonyl (C=O) groups is 2. The van der Waals surface area contributed by atoms with Crippen molar-refractivity contribution in [3.8, 4) is 11.5 Å². The van der Waals surface area contributed by atoms with Crippen molar-refractivity contribution in [2.45, 2.75) is 58.2 Å². The van der Waals surface area contributed by atoms with Crippen molar-refractivity contribution in [3.05, 3.63) is 77.4 Å². The van der Waals surface area contributed by atoms with Crippen LogP contribution in [0.1, 0.15) is 49.9 Å². The van der Waals surface area contributed by atoms with Crippen molar-refractivity contribution in [3.63, 3.8) is 0 Å². The van der Waals surface area contributed by atoms with Gasteiger partial charge in [0.25, 0.3) is 0 Å². The number of hydrogen-bond donors (Lipinski definition) is 1. The van der Waals surface area contributed by atoms with E-state index in [1.807, 2.05) is 57.2 Å². The highest BCUT2D eigenvalue weighted by Crippen LogP contribution is 2.36. The molecule has 0 radical (unpaired) electrons. The molecular formula is C31H35N5O4. The first-order valence-corrected chi connectivity index (χ1v) is 13.4. The number of ether oxygens (including phenoxy) is 2. The minimum absolute atomic E-state index is 0.0992. The van der Waals surface area contributed by atoms with Crippen LogP contribution in [0, 0.1) is 0 Å². The molecule has 0 saturated carbocycles. The number of hydrogen-bond acceptors (Lipinski definition) is 6. The van der Waals surface area contributed by atoms with Gasteiger partial charge < -0.3 is 14.8 Å². The lowest BCUT2D eigenvalue weighted by molar-refractivity contribution is -0.128. The third-order valence-corrected chi connectivity index (χ3v) is 7.03. The summed E-state index contributed by atoms with van der Waals surface area (Å²) in [5.74, 6) is 0.419. The minimum atomic E-state index is -1.01. The van der Waals surface area contributed by atoms with Crippen LogP contribution in [-0.4, -0.2) is 46.6 Å². The molecule has 1 heterocycles. The predicted molar refractivity (Wildman–Crippen MR) is 154 cm³/mol. The van der Waals surface area contributed by atoms with Crippen LogP contribution in [0.3, 0.4) is 0 Å². The van der Waals surface area contributed by atoms with Crippen molar-refractivity contribution >= 4 is 28.5 Å². The second-order valence-corrected chi connectivity index (χ2v) is 11.1. The van der Waals surface area contributed by atoms with Gasteiger partial charge in [-0.25, -0.2) is 4.68 Å². The minimum Gasteiger partial charge on any atom is -0.497 e. The molecule has 1 N–H and O–H groups in total. The highest BCUT2D eigenvalue weighted by atomic mass is 16.5. The zero-order valence-electron chi connectivity index (χ0n) is 23.6. The van der Waals surface area contributed by atoms with Crippen LogP contribution >= 0.6 is 0 Å². The first-order valence-electron chi connectivity index (χ1n) is 13.4. The first kappa shape index (κ1) is 27.2. The standard InChI is InChI=1S/C31H35N5O4/c1-31(2,3)32-30(38)29(22-16-24(39-4)18-25(17-22)40-5)36(23-14-13-20-9-8-10-21(20)15-23)28(37)19-35-27-12-7-6-11-26(27)33-34-35/h6-7,11-18,29H,8-10,19H2,1-5H3,(H,32,38)/t29-/m0/s1. The molecule has 1 aliphatic rings. The number of para-hydroxylation sites is 1. The van der Waals surface area contributed by atoms with Crippen LogP contribution in [0.5, 0.6) is 11.5 Å². The third kappa shape index (κ3) is 5.64. The molecule has 1 aliphatic carbocycles. The van der Waals surface area contributed by atoms with Crippen molar-refractivity contribution < 1.29 is 19.1 Å². The molecule has 208 valence electrons. The van der Waals surface area contributed by atoms with Gasteiger partial charge in [0.2, 0.25) is 11.8 Å². The second-order valence-electron chi connectivity index (χ2n) is 11.1. The molecule has 9 nitrogen and oxygen atoms in total. The Balaban J connectivity index is 1.66. The number of amides is 2. The number of fused-ring (bicyclic) bond motifs is 2. The fraction of sp³-hybridized carbons (Fsp3) is 0.355. The van der Waals surface area contributed by atoms with Gasteiger partial charge in [0.1, 0.15) is 29.6 Å². The number of rotatable bonds is 8. The fourth-order valence-electron chi connectivity index (χ4n) is 5.23. The van der Waals surface area contributed by atoms with Crippen molar-refractivity contribution in [2.24, 2.45) is 0 Å². The van der Waals surface area contributed by atoms with Crippen LogP contribution in [0.2, 0.25) is 0 Å². The van der Waals surface area contributed by atoms with E-state index in [0.29, 0.717) is 28.3 Å². The lowest BCUT2D eigenvalue weighted by atomic mass is 9.99. The first-order chi connectivity index (χ1) is 19.2. The number of carbonyl (C=O) groups excluding carboxylic acids is 2. The summed E-state index contributed by atoms with van der Waals surface area (Å²) in [4.78, 5) is 30.0. The van der Waals surface area contributed by atoms with Gasteiger partial charge in [-0.1, -0.05) is 23.4 Å². The highest BCUT2D eigenvalue weighted by Gasteiger charge is 2.36. The quantitative estimate of drug-likeness (QED) is 0.349. The zero-order valence-corrected chi connectivity index (χ0v) is 23.6. The van der Waals surface area contributed by atoms with Gasteiger partial charge in [-0.2, -0.15) is 0 Å². The van der Waals surface area contributed by atoms with E-state index in [2.05, 4.69) is 21.7 Å². The van der Waals surface area contributed by atoms with E-state index in [0.717, 1.165) is 24.8 Å². The van der Waals surface area contributed by atoms with Gasteiger partial charge in [0.05, 0.1) is 19.7 Å². The number of aryl methyl sites for hydroxylation is 2. The second kappa shape index (κ2) is 11.0. The maximum Gasteiger partial charge on any atom is 0.249 e. The Morgan fingerprint density at radius 2 is 1.68 bits per heavy atom. The number of benzene rings is 3. The van der Waals surface area contributed by atoms with Gasteiger partial charge in [0, 0.05) is 17.3 Å². The highest BCUT2D eigenvalue weighted by molar-refractivity contribution is 6.02. The largest absolute Gasteiger partial charge is 0.497 e. The van der Waals surface area contributed by atoms with Crippen LogP contribution in [-0.2, 0) is 29.0 Å². The van der Waals surface area contributed by atoms with Crippen LogP contribution < -0.4 is 19.7 Å². The van der Waals surface area contributed by atoms with Crippen LogP contribution in [0.25, 0.3) is 11.0 Å². The smallest absolute Gasteiger partial charge is 0.249 e. The van der Waals surface area contributed by atoms with Crippen LogP contribution in [0.15, 0.2) is 60.7 Å². The number of aromatic nitrogens is 3. The predicted octanol–water partition coefficient (Wildman–Crippen LogP) is 4.63. The average molecular weight is 542 g/mol. The molecule has 0 bridgehead atoms. The summed E-state index contributed by atoms with van der Waals surface area (Å²) in [6.45, 7) is 5.64. The number of methoxy groups -OCH3 is 2. The molecule has 1 atom stereocenters. The molecule has 0 saturated heterocycles. The van der Waals surface area contributed by atoms with Crippen LogP contribution in [0.4, 0.5) is 5.69 Å². The molecule has 1 aromatic heterocycles. The summed E-state index contributed by atoms with van der Waals surface area (Å²) < 4.78 is 12.6. The Labute approximate surface area is 234 Å². The molecule has 0 spiro atoms. The monoisotopic (exact) mass is 541 g/mol. The molecule has 9 heteroatoms. The Kier molecular flexibility index (Phi) is 7.47. The fourth-order valence-corrected chi connectivity index (χ4v) is 5.23. The Hall–Kier alpha value is -4.40. The van der Waals surface area contributed by atoms with Gasteiger partial charge in [-0.15, -0.1) is 5.10 Å². The molecule has 0 aliphatic heterocycles. The molecule has 0 fully saturated rings. The van der Waals surface area contributed by atoms with Gasteiger partial charge in [-0.3, -0.25) is 14.5 Å². The van der Waals surface area contributed by atoms with Gasteiger partial charge >= 0.3 is 0 Å². The summed E-state index contributed by atoms with van der Waals surface area (Å²) >= 11 is 0. The van der Waals surface area contributed by atoms with E-state index in [9.17, 15) is 9.59 Å². The lowest BCUT2D eigenvalue weighted by Crippen LogP contribution is -2.50. The van der Waals surface area contributed by atoms with Crippen molar-refractivity contribution in [1.82, 2.24) is 20.3 Å². The van der Waals surface area contributed by atoms with Gasteiger partial charge in [-0.05, 0) is 93.1 Å². The summed E-state index contributed by atoms with van der Waals surface area (Å²) in [5, 5.41) is 11.5. The Morgan fingerprint density at radius 3 is 2.38 bits per heavy atom. The summed E-state index contributed by atoms with van der Waals surface area (Å²) in [7, 11) is 3.12. The maximum absolute atomic E-state index is 14.3.